The molecule has 0 bridgehead atoms. The molecule has 0 radical (unpaired) electrons. The lowest BCUT2D eigenvalue weighted by Crippen LogP contribution is -2.37. The zero-order valence-electron chi connectivity index (χ0n) is 12.5. The van der Waals surface area contributed by atoms with Gasteiger partial charge in [0.1, 0.15) is 5.75 Å². The van der Waals surface area contributed by atoms with Crippen LogP contribution in [-0.2, 0) is 0 Å². The number of hydrogen-bond acceptors (Lipinski definition) is 3. The van der Waals surface area contributed by atoms with E-state index in [2.05, 4.69) is 24.4 Å². The van der Waals surface area contributed by atoms with Gasteiger partial charge in [-0.15, -0.1) is 0 Å². The third-order valence-electron chi connectivity index (χ3n) is 3.93. The number of aromatic hydroxyl groups is 1. The largest absolute Gasteiger partial charge is 0.508 e. The van der Waals surface area contributed by atoms with Crippen LogP contribution in [-0.4, -0.2) is 22.9 Å². The van der Waals surface area contributed by atoms with Gasteiger partial charge in [-0.2, -0.15) is 0 Å². The molecule has 3 heteroatoms. The minimum absolute atomic E-state index is 0.0378. The van der Waals surface area contributed by atoms with E-state index >= 15 is 0 Å². The van der Waals surface area contributed by atoms with Crippen LogP contribution >= 0.6 is 0 Å². The third kappa shape index (κ3) is 4.06. The number of rotatable bonds is 6. The van der Waals surface area contributed by atoms with Crippen molar-refractivity contribution in [3.63, 3.8) is 0 Å². The quantitative estimate of drug-likeness (QED) is 0.764. The zero-order chi connectivity index (χ0) is 15.2. The topological polar surface area (TPSA) is 52.5 Å². The van der Waals surface area contributed by atoms with Crippen molar-refractivity contribution in [1.29, 1.82) is 0 Å². The summed E-state index contributed by atoms with van der Waals surface area (Å²) < 4.78 is 0. The van der Waals surface area contributed by atoms with Crippen molar-refractivity contribution in [3.8, 4) is 5.75 Å². The van der Waals surface area contributed by atoms with Crippen LogP contribution in [0.3, 0.4) is 0 Å². The van der Waals surface area contributed by atoms with Gasteiger partial charge in [0, 0.05) is 12.6 Å². The van der Waals surface area contributed by atoms with E-state index in [1.54, 1.807) is 12.1 Å². The predicted octanol–water partition coefficient (Wildman–Crippen LogP) is 3.09. The SMILES string of the molecule is CC(CO)C(C)NC(c1ccccc1)c1ccc(O)cc1. The fraction of sp³-hybridized carbons (Fsp3) is 0.333. The van der Waals surface area contributed by atoms with Crippen LogP contribution in [0.25, 0.3) is 0 Å². The third-order valence-corrected chi connectivity index (χ3v) is 3.93. The highest BCUT2D eigenvalue weighted by molar-refractivity contribution is 5.35. The number of benzene rings is 2. The monoisotopic (exact) mass is 285 g/mol. The molecule has 0 aliphatic heterocycles. The summed E-state index contributed by atoms with van der Waals surface area (Å²) in [6.45, 7) is 4.26. The molecule has 21 heavy (non-hydrogen) atoms. The second kappa shape index (κ2) is 7.25. The molecule has 112 valence electrons. The molecule has 0 saturated heterocycles. The molecule has 2 aromatic rings. The van der Waals surface area contributed by atoms with Gasteiger partial charge in [0.2, 0.25) is 0 Å². The van der Waals surface area contributed by atoms with Gasteiger partial charge in [0.15, 0.2) is 0 Å². The fourth-order valence-electron chi connectivity index (χ4n) is 2.28. The van der Waals surface area contributed by atoms with E-state index in [1.165, 1.54) is 5.56 Å². The Balaban J connectivity index is 2.29. The summed E-state index contributed by atoms with van der Waals surface area (Å²) >= 11 is 0. The molecule has 0 fully saturated rings. The van der Waals surface area contributed by atoms with Crippen molar-refractivity contribution >= 4 is 0 Å². The molecule has 0 aromatic heterocycles. The second-order valence-corrected chi connectivity index (χ2v) is 5.55. The van der Waals surface area contributed by atoms with E-state index < -0.39 is 0 Å². The van der Waals surface area contributed by atoms with E-state index in [-0.39, 0.29) is 30.4 Å². The maximum Gasteiger partial charge on any atom is 0.115 e. The summed E-state index contributed by atoms with van der Waals surface area (Å²) in [7, 11) is 0. The molecule has 0 amide bonds. The Morgan fingerprint density at radius 1 is 0.905 bits per heavy atom. The molecule has 3 unspecified atom stereocenters. The van der Waals surface area contributed by atoms with Crippen molar-refractivity contribution in [2.75, 3.05) is 6.61 Å². The van der Waals surface area contributed by atoms with E-state index in [4.69, 9.17) is 0 Å². The number of aliphatic hydroxyl groups excluding tert-OH is 1. The second-order valence-electron chi connectivity index (χ2n) is 5.55. The van der Waals surface area contributed by atoms with Crippen molar-refractivity contribution in [2.45, 2.75) is 25.9 Å². The Morgan fingerprint density at radius 2 is 1.48 bits per heavy atom. The fourth-order valence-corrected chi connectivity index (χ4v) is 2.28. The Hall–Kier alpha value is -1.84. The maximum atomic E-state index is 9.46. The maximum absolute atomic E-state index is 9.46. The van der Waals surface area contributed by atoms with Gasteiger partial charge in [-0.3, -0.25) is 0 Å². The minimum atomic E-state index is 0.0378. The molecule has 2 aromatic carbocycles. The van der Waals surface area contributed by atoms with E-state index in [0.717, 1.165) is 5.56 Å². The van der Waals surface area contributed by atoms with Crippen LogP contribution in [0, 0.1) is 5.92 Å². The van der Waals surface area contributed by atoms with Gasteiger partial charge < -0.3 is 15.5 Å². The summed E-state index contributed by atoms with van der Waals surface area (Å²) in [5, 5.41) is 22.4. The first-order valence-electron chi connectivity index (χ1n) is 7.32. The molecule has 3 N–H and O–H groups in total. The minimum Gasteiger partial charge on any atom is -0.508 e. The van der Waals surface area contributed by atoms with Crippen LogP contribution in [0.1, 0.15) is 31.0 Å². The Morgan fingerprint density at radius 3 is 2.05 bits per heavy atom. The van der Waals surface area contributed by atoms with Gasteiger partial charge in [-0.25, -0.2) is 0 Å². The van der Waals surface area contributed by atoms with Gasteiger partial charge in [0.25, 0.3) is 0 Å². The normalized spacial score (nSPS) is 15.4. The molecule has 2 rings (SSSR count). The van der Waals surface area contributed by atoms with Gasteiger partial charge in [-0.1, -0.05) is 49.4 Å². The molecule has 0 spiro atoms. The first-order chi connectivity index (χ1) is 10.1. The molecule has 0 aliphatic carbocycles. The molecule has 3 nitrogen and oxygen atoms in total. The highest BCUT2D eigenvalue weighted by atomic mass is 16.3. The van der Waals surface area contributed by atoms with Crippen LogP contribution in [0.2, 0.25) is 0 Å². The number of nitrogens with one attached hydrogen (secondary N) is 1. The number of phenols is 1. The molecular formula is C18H23NO2. The van der Waals surface area contributed by atoms with Crippen molar-refractivity contribution in [1.82, 2.24) is 5.32 Å². The lowest BCUT2D eigenvalue weighted by Gasteiger charge is -2.27. The first kappa shape index (κ1) is 15.5. The molecule has 0 heterocycles. The number of hydrogen-bond donors (Lipinski definition) is 3. The average molecular weight is 285 g/mol. The van der Waals surface area contributed by atoms with Crippen LogP contribution in [0.15, 0.2) is 54.6 Å². The van der Waals surface area contributed by atoms with E-state index in [1.807, 2.05) is 37.3 Å². The van der Waals surface area contributed by atoms with Crippen molar-refractivity contribution < 1.29 is 10.2 Å². The van der Waals surface area contributed by atoms with Crippen molar-refractivity contribution in [3.05, 3.63) is 65.7 Å². The number of phenolic OH excluding ortho intramolecular Hbond substituents is 1. The lowest BCUT2D eigenvalue weighted by atomic mass is 9.95. The Labute approximate surface area is 126 Å². The predicted molar refractivity (Wildman–Crippen MR) is 85.2 cm³/mol. The highest BCUT2D eigenvalue weighted by Gasteiger charge is 2.19. The summed E-state index contributed by atoms with van der Waals surface area (Å²) in [6, 6.07) is 17.7. The van der Waals surface area contributed by atoms with Crippen molar-refractivity contribution in [2.24, 2.45) is 5.92 Å². The summed E-state index contributed by atoms with van der Waals surface area (Å²) in [5.41, 5.74) is 2.26. The van der Waals surface area contributed by atoms with Gasteiger partial charge in [0.05, 0.1) is 6.04 Å². The van der Waals surface area contributed by atoms with E-state index in [9.17, 15) is 10.2 Å². The summed E-state index contributed by atoms with van der Waals surface area (Å²) in [6.07, 6.45) is 0. The molecule has 0 saturated carbocycles. The number of aliphatic hydroxyl groups is 1. The summed E-state index contributed by atoms with van der Waals surface area (Å²) in [5.74, 6) is 0.440. The summed E-state index contributed by atoms with van der Waals surface area (Å²) in [4.78, 5) is 0. The van der Waals surface area contributed by atoms with Gasteiger partial charge >= 0.3 is 0 Å². The standard InChI is InChI=1S/C18H23NO2/c1-13(12-20)14(2)19-18(15-6-4-3-5-7-15)16-8-10-17(21)11-9-16/h3-11,13-14,18-21H,12H2,1-2H3. The lowest BCUT2D eigenvalue weighted by molar-refractivity contribution is 0.203. The van der Waals surface area contributed by atoms with E-state index in [0.29, 0.717) is 0 Å². The molecular weight excluding hydrogens is 262 g/mol. The highest BCUT2D eigenvalue weighted by Crippen LogP contribution is 2.25. The first-order valence-corrected chi connectivity index (χ1v) is 7.32. The smallest absolute Gasteiger partial charge is 0.115 e. The Kier molecular flexibility index (Phi) is 5.37. The molecule has 0 aliphatic rings. The van der Waals surface area contributed by atoms with Crippen LogP contribution in [0.4, 0.5) is 0 Å². The average Bonchev–Trinajstić information content (AvgIpc) is 2.53. The Bertz CT molecular complexity index is 539. The zero-order valence-corrected chi connectivity index (χ0v) is 12.5. The van der Waals surface area contributed by atoms with Crippen LogP contribution in [0.5, 0.6) is 5.75 Å². The molecule has 3 atom stereocenters. The van der Waals surface area contributed by atoms with Gasteiger partial charge in [-0.05, 0) is 36.1 Å². The van der Waals surface area contributed by atoms with Crippen LogP contribution < -0.4 is 5.32 Å².